The first-order valence-electron chi connectivity index (χ1n) is 9.39. The predicted octanol–water partition coefficient (Wildman–Crippen LogP) is 1.63. The SMILES string of the molecule is CS(=O)(=O)N1CC=C(c2cc3c(cn2)O[C@H](C2CCN(C#N)CC2)C3)CC1. The first-order chi connectivity index (χ1) is 12.9. The van der Waals surface area contributed by atoms with Crippen LogP contribution in [0.5, 0.6) is 5.75 Å². The Morgan fingerprint density at radius 2 is 2.07 bits per heavy atom. The lowest BCUT2D eigenvalue weighted by atomic mass is 9.89. The zero-order valence-corrected chi connectivity index (χ0v) is 16.3. The van der Waals surface area contributed by atoms with E-state index in [0.29, 0.717) is 25.4 Å². The molecule has 27 heavy (non-hydrogen) atoms. The van der Waals surface area contributed by atoms with Gasteiger partial charge < -0.3 is 9.64 Å². The molecule has 1 saturated heterocycles. The smallest absolute Gasteiger partial charge is 0.211 e. The first kappa shape index (κ1) is 18.3. The van der Waals surface area contributed by atoms with Gasteiger partial charge in [-0.15, -0.1) is 0 Å². The number of piperidine rings is 1. The lowest BCUT2D eigenvalue weighted by molar-refractivity contribution is 0.110. The summed E-state index contributed by atoms with van der Waals surface area (Å²) in [5.41, 5.74) is 3.20. The van der Waals surface area contributed by atoms with Crippen LogP contribution < -0.4 is 4.74 Å². The maximum Gasteiger partial charge on any atom is 0.211 e. The standard InChI is InChI=1S/C19H24N4O3S/c1-27(24,25)23-8-4-14(5-9-23)17-10-16-11-18(26-19(16)12-21-17)15-2-6-22(13-20)7-3-15/h4,10,12,15,18H,2-3,5-9,11H2,1H3/t18-/m0/s1. The summed E-state index contributed by atoms with van der Waals surface area (Å²) in [6.45, 7) is 2.53. The number of pyridine rings is 1. The number of likely N-dealkylation sites (tertiary alicyclic amines) is 1. The van der Waals surface area contributed by atoms with Gasteiger partial charge in [-0.3, -0.25) is 4.98 Å². The molecule has 3 aliphatic heterocycles. The fourth-order valence-electron chi connectivity index (χ4n) is 4.17. The van der Waals surface area contributed by atoms with Gasteiger partial charge in [-0.05, 0) is 36.8 Å². The molecule has 3 aliphatic rings. The van der Waals surface area contributed by atoms with Crippen molar-refractivity contribution in [2.75, 3.05) is 32.4 Å². The number of aromatic nitrogens is 1. The van der Waals surface area contributed by atoms with Crippen LogP contribution in [0.15, 0.2) is 18.3 Å². The zero-order chi connectivity index (χ0) is 19.0. The normalized spacial score (nSPS) is 24.1. The third-order valence-electron chi connectivity index (χ3n) is 5.82. The third kappa shape index (κ3) is 3.80. The van der Waals surface area contributed by atoms with Gasteiger partial charge in [0.15, 0.2) is 6.19 Å². The average Bonchev–Trinajstić information content (AvgIpc) is 3.11. The molecule has 0 aromatic carbocycles. The quantitative estimate of drug-likeness (QED) is 0.732. The van der Waals surface area contributed by atoms with Crippen molar-refractivity contribution >= 4 is 15.6 Å². The molecule has 0 saturated carbocycles. The van der Waals surface area contributed by atoms with Gasteiger partial charge in [-0.2, -0.15) is 9.57 Å². The molecule has 7 nitrogen and oxygen atoms in total. The fraction of sp³-hybridized carbons (Fsp3) is 0.579. The van der Waals surface area contributed by atoms with Crippen molar-refractivity contribution in [1.29, 1.82) is 5.26 Å². The number of nitrogens with zero attached hydrogens (tertiary/aromatic N) is 4. The van der Waals surface area contributed by atoms with Gasteiger partial charge in [0.25, 0.3) is 0 Å². The number of hydrogen-bond acceptors (Lipinski definition) is 6. The summed E-state index contributed by atoms with van der Waals surface area (Å²) >= 11 is 0. The maximum absolute atomic E-state index is 11.7. The largest absolute Gasteiger partial charge is 0.488 e. The monoisotopic (exact) mass is 388 g/mol. The highest BCUT2D eigenvalue weighted by Gasteiger charge is 2.33. The summed E-state index contributed by atoms with van der Waals surface area (Å²) in [6.07, 6.45) is 10.9. The van der Waals surface area contributed by atoms with Crippen LogP contribution >= 0.6 is 0 Å². The predicted molar refractivity (Wildman–Crippen MR) is 101 cm³/mol. The summed E-state index contributed by atoms with van der Waals surface area (Å²) in [7, 11) is -3.14. The molecular weight excluding hydrogens is 364 g/mol. The van der Waals surface area contributed by atoms with Crippen LogP contribution in [0.25, 0.3) is 5.57 Å². The molecule has 8 heteroatoms. The minimum Gasteiger partial charge on any atom is -0.488 e. The zero-order valence-electron chi connectivity index (χ0n) is 15.5. The Morgan fingerprint density at radius 1 is 1.30 bits per heavy atom. The van der Waals surface area contributed by atoms with Gasteiger partial charge in [-0.25, -0.2) is 8.42 Å². The van der Waals surface area contributed by atoms with Crippen LogP contribution in [-0.2, 0) is 16.4 Å². The molecule has 0 bridgehead atoms. The van der Waals surface area contributed by atoms with Crippen molar-refractivity contribution in [1.82, 2.24) is 14.2 Å². The number of rotatable bonds is 3. The molecule has 0 spiro atoms. The Kier molecular flexibility index (Phi) is 4.82. The molecular formula is C19H24N4O3S. The van der Waals surface area contributed by atoms with Crippen LogP contribution in [0.1, 0.15) is 30.5 Å². The van der Waals surface area contributed by atoms with Crippen LogP contribution in [0.3, 0.4) is 0 Å². The molecule has 0 radical (unpaired) electrons. The van der Waals surface area contributed by atoms with Crippen LogP contribution in [0, 0.1) is 17.4 Å². The van der Waals surface area contributed by atoms with E-state index in [1.165, 1.54) is 16.1 Å². The molecule has 1 aromatic heterocycles. The summed E-state index contributed by atoms with van der Waals surface area (Å²) in [5.74, 6) is 1.34. The number of fused-ring (bicyclic) bond motifs is 1. The maximum atomic E-state index is 11.7. The molecule has 1 aromatic rings. The summed E-state index contributed by atoms with van der Waals surface area (Å²) in [6, 6.07) is 2.10. The Balaban J connectivity index is 1.43. The number of ether oxygens (including phenoxy) is 1. The van der Waals surface area contributed by atoms with Gasteiger partial charge >= 0.3 is 0 Å². The molecule has 0 unspecified atom stereocenters. The van der Waals surface area contributed by atoms with Crippen molar-refractivity contribution in [2.24, 2.45) is 5.92 Å². The van der Waals surface area contributed by atoms with Crippen molar-refractivity contribution in [3.63, 3.8) is 0 Å². The molecule has 1 fully saturated rings. The van der Waals surface area contributed by atoms with E-state index in [9.17, 15) is 8.42 Å². The minimum atomic E-state index is -3.14. The number of hydrogen-bond donors (Lipinski definition) is 0. The van der Waals surface area contributed by atoms with Crippen molar-refractivity contribution in [3.05, 3.63) is 29.6 Å². The van der Waals surface area contributed by atoms with E-state index in [-0.39, 0.29) is 6.10 Å². The van der Waals surface area contributed by atoms with Gasteiger partial charge in [0.2, 0.25) is 10.0 Å². The van der Waals surface area contributed by atoms with E-state index in [0.717, 1.165) is 49.4 Å². The highest BCUT2D eigenvalue weighted by Crippen LogP contribution is 2.36. The van der Waals surface area contributed by atoms with E-state index < -0.39 is 10.0 Å². The average molecular weight is 388 g/mol. The minimum absolute atomic E-state index is 0.166. The highest BCUT2D eigenvalue weighted by molar-refractivity contribution is 7.88. The molecule has 0 amide bonds. The molecule has 144 valence electrons. The lowest BCUT2D eigenvalue weighted by Gasteiger charge is -2.31. The van der Waals surface area contributed by atoms with Gasteiger partial charge in [0, 0.05) is 38.2 Å². The number of sulfonamides is 1. The Bertz CT molecular complexity index is 898. The first-order valence-corrected chi connectivity index (χ1v) is 11.2. The fourth-order valence-corrected chi connectivity index (χ4v) is 4.93. The van der Waals surface area contributed by atoms with E-state index in [2.05, 4.69) is 17.2 Å². The molecule has 0 N–H and O–H groups in total. The van der Waals surface area contributed by atoms with Gasteiger partial charge in [0.05, 0.1) is 18.1 Å². The molecule has 4 rings (SSSR count). The summed E-state index contributed by atoms with van der Waals surface area (Å²) < 4.78 is 30.9. The second-order valence-electron chi connectivity index (χ2n) is 7.56. The van der Waals surface area contributed by atoms with Crippen molar-refractivity contribution in [3.8, 4) is 11.9 Å². The second-order valence-corrected chi connectivity index (χ2v) is 9.54. The van der Waals surface area contributed by atoms with E-state index in [1.54, 1.807) is 6.20 Å². The van der Waals surface area contributed by atoms with Crippen LogP contribution in [0.4, 0.5) is 0 Å². The highest BCUT2D eigenvalue weighted by atomic mass is 32.2. The molecule has 0 aliphatic carbocycles. The molecule has 1 atom stereocenters. The van der Waals surface area contributed by atoms with Crippen LogP contribution in [0.2, 0.25) is 0 Å². The van der Waals surface area contributed by atoms with Crippen LogP contribution in [-0.4, -0.2) is 61.1 Å². The van der Waals surface area contributed by atoms with Crippen molar-refractivity contribution in [2.45, 2.75) is 31.8 Å². The summed E-state index contributed by atoms with van der Waals surface area (Å²) in [4.78, 5) is 6.37. The third-order valence-corrected chi connectivity index (χ3v) is 7.09. The lowest BCUT2D eigenvalue weighted by Crippen LogP contribution is -2.36. The summed E-state index contributed by atoms with van der Waals surface area (Å²) in [5, 5.41) is 8.99. The van der Waals surface area contributed by atoms with Crippen molar-refractivity contribution < 1.29 is 13.2 Å². The van der Waals surface area contributed by atoms with Gasteiger partial charge in [0.1, 0.15) is 11.9 Å². The Hall–Kier alpha value is -2.11. The van der Waals surface area contributed by atoms with E-state index >= 15 is 0 Å². The second kappa shape index (κ2) is 7.13. The van der Waals surface area contributed by atoms with E-state index in [4.69, 9.17) is 10.00 Å². The topological polar surface area (TPSA) is 86.5 Å². The Morgan fingerprint density at radius 3 is 2.70 bits per heavy atom. The number of nitriles is 1. The van der Waals surface area contributed by atoms with Gasteiger partial charge in [-0.1, -0.05) is 6.08 Å². The Labute approximate surface area is 160 Å². The van der Waals surface area contributed by atoms with E-state index in [1.807, 2.05) is 11.0 Å². The molecule has 4 heterocycles.